The summed E-state index contributed by atoms with van der Waals surface area (Å²) in [4.78, 5) is 1.38. The number of nitrogens with one attached hydrogen (secondary N) is 1. The van der Waals surface area contributed by atoms with Crippen molar-refractivity contribution in [1.29, 1.82) is 0 Å². The van der Waals surface area contributed by atoms with E-state index in [2.05, 4.69) is 42.6 Å². The summed E-state index contributed by atoms with van der Waals surface area (Å²) in [6, 6.07) is 0.458. The first-order valence-electron chi connectivity index (χ1n) is 7.60. The smallest absolute Gasteiger partial charge is 0.0857 e. The molecule has 1 unspecified atom stereocenters. The van der Waals surface area contributed by atoms with E-state index in [4.69, 9.17) is 0 Å². The first kappa shape index (κ1) is 14.9. The van der Waals surface area contributed by atoms with Crippen molar-refractivity contribution in [2.45, 2.75) is 71.3 Å². The second-order valence-corrected chi connectivity index (χ2v) is 7.45. The molecule has 1 aliphatic carbocycles. The number of aromatic nitrogens is 2. The second kappa shape index (κ2) is 6.31. The van der Waals surface area contributed by atoms with Gasteiger partial charge in [0.05, 0.1) is 10.6 Å². The molecular formula is C15H27N3S. The molecule has 0 spiro atoms. The Balaban J connectivity index is 2.25. The van der Waals surface area contributed by atoms with Crippen molar-refractivity contribution in [2.24, 2.45) is 5.92 Å². The van der Waals surface area contributed by atoms with Crippen LogP contribution in [-0.4, -0.2) is 16.1 Å². The van der Waals surface area contributed by atoms with Crippen LogP contribution >= 0.6 is 11.5 Å². The molecule has 1 heterocycles. The van der Waals surface area contributed by atoms with Gasteiger partial charge in [0.15, 0.2) is 0 Å². The molecule has 2 rings (SSSR count). The normalized spacial score (nSPS) is 19.6. The average Bonchev–Trinajstić information content (AvgIpc) is 2.86. The Labute approximate surface area is 121 Å². The fourth-order valence-electron chi connectivity index (χ4n) is 3.08. The zero-order valence-electron chi connectivity index (χ0n) is 12.7. The van der Waals surface area contributed by atoms with Gasteiger partial charge in [-0.25, -0.2) is 0 Å². The lowest BCUT2D eigenvalue weighted by Crippen LogP contribution is -2.31. The van der Waals surface area contributed by atoms with E-state index >= 15 is 0 Å². The topological polar surface area (TPSA) is 37.8 Å². The van der Waals surface area contributed by atoms with Gasteiger partial charge in [0.2, 0.25) is 0 Å². The maximum Gasteiger partial charge on any atom is 0.0857 e. The molecule has 3 nitrogen and oxygen atoms in total. The number of rotatable bonds is 4. The minimum absolute atomic E-state index is 0.0880. The molecule has 1 fully saturated rings. The van der Waals surface area contributed by atoms with E-state index in [9.17, 15) is 0 Å². The molecule has 1 aromatic rings. The summed E-state index contributed by atoms with van der Waals surface area (Å²) in [7, 11) is 0. The van der Waals surface area contributed by atoms with Gasteiger partial charge in [0, 0.05) is 11.5 Å². The van der Waals surface area contributed by atoms with Gasteiger partial charge in [-0.3, -0.25) is 0 Å². The Kier molecular flexibility index (Phi) is 4.96. The van der Waals surface area contributed by atoms with Gasteiger partial charge >= 0.3 is 0 Å². The summed E-state index contributed by atoms with van der Waals surface area (Å²) < 4.78 is 4.24. The third-order valence-electron chi connectivity index (χ3n) is 4.05. The van der Waals surface area contributed by atoms with E-state index in [0.29, 0.717) is 6.04 Å². The predicted molar refractivity (Wildman–Crippen MR) is 81.6 cm³/mol. The molecule has 19 heavy (non-hydrogen) atoms. The second-order valence-electron chi connectivity index (χ2n) is 6.67. The van der Waals surface area contributed by atoms with Crippen molar-refractivity contribution in [2.75, 3.05) is 6.54 Å². The van der Waals surface area contributed by atoms with Crippen molar-refractivity contribution in [1.82, 2.24) is 14.9 Å². The van der Waals surface area contributed by atoms with Crippen LogP contribution in [0.25, 0.3) is 0 Å². The summed E-state index contributed by atoms with van der Waals surface area (Å²) in [6.45, 7) is 9.91. The molecule has 4 heteroatoms. The molecular weight excluding hydrogens is 254 g/mol. The first-order chi connectivity index (χ1) is 9.04. The van der Waals surface area contributed by atoms with Gasteiger partial charge in [-0.05, 0) is 36.8 Å². The van der Waals surface area contributed by atoms with Crippen LogP contribution in [0.2, 0.25) is 0 Å². The molecule has 1 N–H and O–H groups in total. The minimum atomic E-state index is 0.0880. The van der Waals surface area contributed by atoms with E-state index in [0.717, 1.165) is 12.5 Å². The Morgan fingerprint density at radius 3 is 2.53 bits per heavy atom. The van der Waals surface area contributed by atoms with Gasteiger partial charge in [-0.15, -0.1) is 5.10 Å². The highest BCUT2D eigenvalue weighted by Crippen LogP contribution is 2.39. The number of hydrogen-bond acceptors (Lipinski definition) is 4. The summed E-state index contributed by atoms with van der Waals surface area (Å²) >= 11 is 1.59. The average molecular weight is 281 g/mol. The largest absolute Gasteiger partial charge is 0.309 e. The van der Waals surface area contributed by atoms with Crippen molar-refractivity contribution >= 4 is 11.5 Å². The monoisotopic (exact) mass is 281 g/mol. The lowest BCUT2D eigenvalue weighted by Gasteiger charge is -2.31. The van der Waals surface area contributed by atoms with E-state index in [-0.39, 0.29) is 5.41 Å². The Morgan fingerprint density at radius 1 is 1.26 bits per heavy atom. The van der Waals surface area contributed by atoms with Crippen LogP contribution in [0.3, 0.4) is 0 Å². The van der Waals surface area contributed by atoms with Gasteiger partial charge < -0.3 is 5.32 Å². The van der Waals surface area contributed by atoms with Crippen LogP contribution in [0.1, 0.15) is 76.4 Å². The fraction of sp³-hybridized carbons (Fsp3) is 0.867. The molecule has 1 saturated carbocycles. The van der Waals surface area contributed by atoms with Crippen LogP contribution in [0, 0.1) is 5.92 Å². The number of nitrogens with zero attached hydrogens (tertiary/aromatic N) is 2. The third-order valence-corrected chi connectivity index (χ3v) is 4.86. The van der Waals surface area contributed by atoms with Crippen LogP contribution in [0.15, 0.2) is 0 Å². The highest BCUT2D eigenvalue weighted by atomic mass is 32.1. The molecule has 1 aromatic heterocycles. The lowest BCUT2D eigenvalue weighted by atomic mass is 9.80. The summed E-state index contributed by atoms with van der Waals surface area (Å²) in [5.41, 5.74) is 1.28. The Hall–Kier alpha value is -0.480. The van der Waals surface area contributed by atoms with E-state index in [1.165, 1.54) is 42.7 Å². The van der Waals surface area contributed by atoms with Crippen molar-refractivity contribution in [3.8, 4) is 0 Å². The molecule has 0 bridgehead atoms. The Bertz CT molecular complexity index is 388. The maximum atomic E-state index is 4.41. The van der Waals surface area contributed by atoms with E-state index < -0.39 is 0 Å². The SMILES string of the molecule is CCNC(c1snnc1C(C)(C)C)C1CCCCC1. The fourth-order valence-corrected chi connectivity index (χ4v) is 4.12. The van der Waals surface area contributed by atoms with Crippen LogP contribution in [-0.2, 0) is 5.41 Å². The molecule has 0 radical (unpaired) electrons. The zero-order chi connectivity index (χ0) is 13.9. The summed E-state index contributed by atoms with van der Waals surface area (Å²) in [5.74, 6) is 0.761. The van der Waals surface area contributed by atoms with Crippen molar-refractivity contribution < 1.29 is 0 Å². The summed E-state index contributed by atoms with van der Waals surface area (Å²) in [5, 5.41) is 8.11. The van der Waals surface area contributed by atoms with E-state index in [1.54, 1.807) is 11.5 Å². The molecule has 0 aliphatic heterocycles. The van der Waals surface area contributed by atoms with Gasteiger partial charge in [-0.1, -0.05) is 51.4 Å². The maximum absolute atomic E-state index is 4.41. The van der Waals surface area contributed by atoms with Crippen LogP contribution in [0.4, 0.5) is 0 Å². The molecule has 1 aliphatic rings. The minimum Gasteiger partial charge on any atom is -0.309 e. The van der Waals surface area contributed by atoms with Crippen LogP contribution < -0.4 is 5.32 Å². The molecule has 0 aromatic carbocycles. The van der Waals surface area contributed by atoms with Crippen LogP contribution in [0.5, 0.6) is 0 Å². The van der Waals surface area contributed by atoms with Crippen molar-refractivity contribution in [3.05, 3.63) is 10.6 Å². The first-order valence-corrected chi connectivity index (χ1v) is 8.37. The predicted octanol–water partition coefficient (Wildman–Crippen LogP) is 4.07. The lowest BCUT2D eigenvalue weighted by molar-refractivity contribution is 0.274. The van der Waals surface area contributed by atoms with E-state index in [1.807, 2.05) is 0 Å². The molecule has 108 valence electrons. The summed E-state index contributed by atoms with van der Waals surface area (Å²) in [6.07, 6.45) is 6.86. The molecule has 0 amide bonds. The third kappa shape index (κ3) is 3.54. The molecule has 0 saturated heterocycles. The highest BCUT2D eigenvalue weighted by molar-refractivity contribution is 7.05. The van der Waals surface area contributed by atoms with Gasteiger partial charge in [0.1, 0.15) is 0 Å². The number of hydrogen-bond donors (Lipinski definition) is 1. The standard InChI is InChI=1S/C15H27N3S/c1-5-16-12(11-9-7-6-8-10-11)13-14(15(2,3)4)17-18-19-13/h11-12,16H,5-10H2,1-4H3. The highest BCUT2D eigenvalue weighted by Gasteiger charge is 2.32. The van der Waals surface area contributed by atoms with Gasteiger partial charge in [-0.2, -0.15) is 0 Å². The quantitative estimate of drug-likeness (QED) is 0.904. The Morgan fingerprint density at radius 2 is 1.95 bits per heavy atom. The zero-order valence-corrected chi connectivity index (χ0v) is 13.5. The van der Waals surface area contributed by atoms with Gasteiger partial charge in [0.25, 0.3) is 0 Å². The van der Waals surface area contributed by atoms with Crippen molar-refractivity contribution in [3.63, 3.8) is 0 Å². The molecule has 1 atom stereocenters.